The van der Waals surface area contributed by atoms with E-state index in [1.807, 2.05) is 13.8 Å². The minimum absolute atomic E-state index is 0.0805. The highest BCUT2D eigenvalue weighted by atomic mass is 14.7. The van der Waals surface area contributed by atoms with Gasteiger partial charge in [0.2, 0.25) is 0 Å². The standard InChI is InChI=1S/C10H24N2/c1-9(2,3)8(11)6-7-10(4,5)12/h8H,6-7,11-12H2,1-5H3. The fourth-order valence-corrected chi connectivity index (χ4v) is 0.961. The Labute approximate surface area is 76.7 Å². The Bertz CT molecular complexity index is 128. The molecule has 12 heavy (non-hydrogen) atoms. The summed E-state index contributed by atoms with van der Waals surface area (Å²) in [4.78, 5) is 0. The van der Waals surface area contributed by atoms with Crippen molar-refractivity contribution in [2.24, 2.45) is 16.9 Å². The molecule has 1 atom stereocenters. The van der Waals surface area contributed by atoms with Crippen LogP contribution in [0.5, 0.6) is 0 Å². The lowest BCUT2D eigenvalue weighted by molar-refractivity contribution is 0.282. The zero-order chi connectivity index (χ0) is 9.99. The molecule has 2 nitrogen and oxygen atoms in total. The van der Waals surface area contributed by atoms with Crippen molar-refractivity contribution >= 4 is 0 Å². The minimum atomic E-state index is -0.0805. The lowest BCUT2D eigenvalue weighted by Crippen LogP contribution is -2.39. The Morgan fingerprint density at radius 1 is 1.08 bits per heavy atom. The summed E-state index contributed by atoms with van der Waals surface area (Å²) < 4.78 is 0. The van der Waals surface area contributed by atoms with Crippen molar-refractivity contribution in [1.82, 2.24) is 0 Å². The Balaban J connectivity index is 3.80. The summed E-state index contributed by atoms with van der Waals surface area (Å²) in [5, 5.41) is 0. The first-order valence-corrected chi connectivity index (χ1v) is 4.67. The quantitative estimate of drug-likeness (QED) is 0.683. The van der Waals surface area contributed by atoms with E-state index in [0.29, 0.717) is 0 Å². The smallest absolute Gasteiger partial charge is 0.00976 e. The van der Waals surface area contributed by atoms with E-state index >= 15 is 0 Å². The third-order valence-electron chi connectivity index (χ3n) is 2.21. The second-order valence-electron chi connectivity index (χ2n) is 5.50. The van der Waals surface area contributed by atoms with E-state index in [9.17, 15) is 0 Å². The molecule has 0 aromatic carbocycles. The molecule has 0 amide bonds. The SMILES string of the molecule is CC(C)(N)CCC(N)C(C)(C)C. The van der Waals surface area contributed by atoms with Crippen molar-refractivity contribution < 1.29 is 0 Å². The first-order chi connectivity index (χ1) is 5.13. The maximum Gasteiger partial charge on any atom is 0.00976 e. The summed E-state index contributed by atoms with van der Waals surface area (Å²) in [5.41, 5.74) is 12.0. The van der Waals surface area contributed by atoms with Crippen molar-refractivity contribution in [1.29, 1.82) is 0 Å². The van der Waals surface area contributed by atoms with Gasteiger partial charge in [0.05, 0.1) is 0 Å². The molecule has 0 heterocycles. The molecule has 0 saturated carbocycles. The topological polar surface area (TPSA) is 52.0 Å². The van der Waals surface area contributed by atoms with Gasteiger partial charge in [-0.1, -0.05) is 20.8 Å². The molecule has 1 unspecified atom stereocenters. The van der Waals surface area contributed by atoms with Crippen LogP contribution in [-0.2, 0) is 0 Å². The molecule has 0 aromatic rings. The van der Waals surface area contributed by atoms with Crippen LogP contribution in [0.25, 0.3) is 0 Å². The summed E-state index contributed by atoms with van der Waals surface area (Å²) >= 11 is 0. The second kappa shape index (κ2) is 3.75. The Hall–Kier alpha value is -0.0800. The molecule has 0 saturated heterocycles. The van der Waals surface area contributed by atoms with Gasteiger partial charge in [0, 0.05) is 11.6 Å². The molecule has 0 fully saturated rings. The van der Waals surface area contributed by atoms with E-state index in [1.165, 1.54) is 0 Å². The normalized spacial score (nSPS) is 16.2. The van der Waals surface area contributed by atoms with Gasteiger partial charge in [0.1, 0.15) is 0 Å². The van der Waals surface area contributed by atoms with Crippen LogP contribution in [0.4, 0.5) is 0 Å². The maximum absolute atomic E-state index is 6.00. The molecule has 74 valence electrons. The summed E-state index contributed by atoms with van der Waals surface area (Å²) in [6.07, 6.45) is 2.00. The van der Waals surface area contributed by atoms with Gasteiger partial charge in [-0.25, -0.2) is 0 Å². The lowest BCUT2D eigenvalue weighted by Gasteiger charge is -2.29. The Morgan fingerprint density at radius 3 is 1.75 bits per heavy atom. The summed E-state index contributed by atoms with van der Waals surface area (Å²) in [6.45, 7) is 10.6. The van der Waals surface area contributed by atoms with E-state index in [-0.39, 0.29) is 17.0 Å². The number of hydrogen-bond donors (Lipinski definition) is 2. The van der Waals surface area contributed by atoms with Gasteiger partial charge in [0.25, 0.3) is 0 Å². The molecule has 0 aliphatic heterocycles. The van der Waals surface area contributed by atoms with Crippen LogP contribution >= 0.6 is 0 Å². The van der Waals surface area contributed by atoms with Crippen LogP contribution in [0.1, 0.15) is 47.5 Å². The average Bonchev–Trinajstić information content (AvgIpc) is 1.78. The van der Waals surface area contributed by atoms with E-state index in [2.05, 4.69) is 20.8 Å². The van der Waals surface area contributed by atoms with Crippen LogP contribution in [0.2, 0.25) is 0 Å². The number of rotatable bonds is 3. The predicted molar refractivity (Wildman–Crippen MR) is 54.9 cm³/mol. The zero-order valence-corrected chi connectivity index (χ0v) is 9.15. The van der Waals surface area contributed by atoms with Gasteiger partial charge in [-0.3, -0.25) is 0 Å². The van der Waals surface area contributed by atoms with Crippen LogP contribution < -0.4 is 11.5 Å². The highest BCUT2D eigenvalue weighted by Crippen LogP contribution is 2.22. The minimum Gasteiger partial charge on any atom is -0.327 e. The molecule has 4 N–H and O–H groups in total. The van der Waals surface area contributed by atoms with E-state index in [0.717, 1.165) is 12.8 Å². The molecule has 0 aliphatic rings. The summed E-state index contributed by atoms with van der Waals surface area (Å²) in [7, 11) is 0. The molecule has 0 rings (SSSR count). The van der Waals surface area contributed by atoms with Gasteiger partial charge in [-0.05, 0) is 32.1 Å². The molecular weight excluding hydrogens is 148 g/mol. The second-order valence-corrected chi connectivity index (χ2v) is 5.50. The van der Waals surface area contributed by atoms with Crippen LogP contribution in [0.3, 0.4) is 0 Å². The average molecular weight is 172 g/mol. The highest BCUT2D eigenvalue weighted by Gasteiger charge is 2.22. The van der Waals surface area contributed by atoms with Crippen LogP contribution in [0, 0.1) is 5.41 Å². The third-order valence-corrected chi connectivity index (χ3v) is 2.21. The molecular formula is C10H24N2. The lowest BCUT2D eigenvalue weighted by atomic mass is 9.82. The van der Waals surface area contributed by atoms with Crippen molar-refractivity contribution in [2.75, 3.05) is 0 Å². The fraction of sp³-hybridized carbons (Fsp3) is 1.00. The molecule has 0 aromatic heterocycles. The molecule has 2 heteroatoms. The van der Waals surface area contributed by atoms with Gasteiger partial charge in [0.15, 0.2) is 0 Å². The van der Waals surface area contributed by atoms with Gasteiger partial charge < -0.3 is 11.5 Å². The van der Waals surface area contributed by atoms with Crippen LogP contribution in [0.15, 0.2) is 0 Å². The fourth-order valence-electron chi connectivity index (χ4n) is 0.961. The van der Waals surface area contributed by atoms with Gasteiger partial charge >= 0.3 is 0 Å². The van der Waals surface area contributed by atoms with E-state index < -0.39 is 0 Å². The zero-order valence-electron chi connectivity index (χ0n) is 9.15. The summed E-state index contributed by atoms with van der Waals surface area (Å²) in [5.74, 6) is 0. The van der Waals surface area contributed by atoms with Crippen molar-refractivity contribution in [3.63, 3.8) is 0 Å². The first kappa shape index (κ1) is 11.9. The van der Waals surface area contributed by atoms with Gasteiger partial charge in [-0.2, -0.15) is 0 Å². The predicted octanol–water partition coefficient (Wildman–Crippen LogP) is 1.88. The van der Waals surface area contributed by atoms with Crippen LogP contribution in [-0.4, -0.2) is 11.6 Å². The molecule has 0 radical (unpaired) electrons. The summed E-state index contributed by atoms with van der Waals surface area (Å²) in [6, 6.07) is 0.250. The molecule has 0 bridgehead atoms. The number of hydrogen-bond acceptors (Lipinski definition) is 2. The molecule has 0 aliphatic carbocycles. The monoisotopic (exact) mass is 172 g/mol. The Kier molecular flexibility index (Phi) is 3.73. The van der Waals surface area contributed by atoms with Crippen molar-refractivity contribution in [3.8, 4) is 0 Å². The maximum atomic E-state index is 6.00. The van der Waals surface area contributed by atoms with Crippen molar-refractivity contribution in [2.45, 2.75) is 59.0 Å². The molecule has 0 spiro atoms. The van der Waals surface area contributed by atoms with E-state index in [4.69, 9.17) is 11.5 Å². The first-order valence-electron chi connectivity index (χ1n) is 4.67. The highest BCUT2D eigenvalue weighted by molar-refractivity contribution is 4.81. The van der Waals surface area contributed by atoms with Gasteiger partial charge in [-0.15, -0.1) is 0 Å². The van der Waals surface area contributed by atoms with Crippen molar-refractivity contribution in [3.05, 3.63) is 0 Å². The largest absolute Gasteiger partial charge is 0.327 e. The number of nitrogens with two attached hydrogens (primary N) is 2. The Morgan fingerprint density at radius 2 is 1.50 bits per heavy atom. The third kappa shape index (κ3) is 5.56. The van der Waals surface area contributed by atoms with E-state index in [1.54, 1.807) is 0 Å².